The van der Waals surface area contributed by atoms with E-state index in [4.69, 9.17) is 0 Å². The number of alkyl halides is 3. The lowest BCUT2D eigenvalue weighted by Crippen LogP contribution is -2.37. The number of rotatable bonds is 5. The van der Waals surface area contributed by atoms with E-state index in [1.807, 2.05) is 12.1 Å². The van der Waals surface area contributed by atoms with Crippen LogP contribution in [-0.2, 0) is 0 Å². The molecule has 9 heteroatoms. The van der Waals surface area contributed by atoms with Gasteiger partial charge in [0.25, 0.3) is 5.91 Å². The molecule has 5 nitrogen and oxygen atoms in total. The lowest BCUT2D eigenvalue weighted by molar-refractivity contribution is -0.274. The van der Waals surface area contributed by atoms with Crippen LogP contribution in [0, 0.1) is 0 Å². The molecule has 0 spiro atoms. The predicted molar refractivity (Wildman–Crippen MR) is 108 cm³/mol. The van der Waals surface area contributed by atoms with E-state index in [1.54, 1.807) is 11.0 Å². The molecule has 0 aromatic heterocycles. The largest absolute Gasteiger partial charge is 0.573 e. The molecule has 0 aliphatic carbocycles. The standard InChI is InChI=1S/C20H16F3N3O2S/c1-3-25-18(24-2)11-26-12-29-17-9-6-14(10-16(17)19(26)27)13-4-7-15(8-5-13)28-20(21,22)23/h3-10H,1-2,11-12H2. The van der Waals surface area contributed by atoms with Crippen molar-refractivity contribution in [1.29, 1.82) is 0 Å². The summed E-state index contributed by atoms with van der Waals surface area (Å²) in [6.07, 6.45) is -3.40. The zero-order valence-electron chi connectivity index (χ0n) is 15.1. The van der Waals surface area contributed by atoms with E-state index in [0.717, 1.165) is 4.90 Å². The molecule has 1 heterocycles. The zero-order chi connectivity index (χ0) is 21.0. The maximum absolute atomic E-state index is 12.9. The van der Waals surface area contributed by atoms with Gasteiger partial charge in [0.05, 0.1) is 18.0 Å². The van der Waals surface area contributed by atoms with E-state index in [0.29, 0.717) is 28.4 Å². The van der Waals surface area contributed by atoms with E-state index in [9.17, 15) is 18.0 Å². The first-order valence-electron chi connectivity index (χ1n) is 8.37. The van der Waals surface area contributed by atoms with Gasteiger partial charge in [-0.3, -0.25) is 4.79 Å². The molecular formula is C20H16F3N3O2S. The van der Waals surface area contributed by atoms with Crippen molar-refractivity contribution in [3.05, 3.63) is 60.8 Å². The summed E-state index contributed by atoms with van der Waals surface area (Å²) >= 11 is 1.50. The van der Waals surface area contributed by atoms with Crippen molar-refractivity contribution in [1.82, 2.24) is 4.90 Å². The van der Waals surface area contributed by atoms with Crippen LogP contribution in [0.1, 0.15) is 10.4 Å². The third-order valence-electron chi connectivity index (χ3n) is 4.05. The smallest absolute Gasteiger partial charge is 0.406 e. The van der Waals surface area contributed by atoms with Crippen LogP contribution in [0.5, 0.6) is 5.75 Å². The molecule has 2 aromatic carbocycles. The second kappa shape index (κ2) is 8.52. The van der Waals surface area contributed by atoms with Gasteiger partial charge in [0.2, 0.25) is 0 Å². The molecule has 0 fully saturated rings. The van der Waals surface area contributed by atoms with Crippen LogP contribution in [0.25, 0.3) is 11.1 Å². The first kappa shape index (κ1) is 20.7. The fourth-order valence-corrected chi connectivity index (χ4v) is 3.72. The van der Waals surface area contributed by atoms with Gasteiger partial charge in [-0.2, -0.15) is 0 Å². The number of ether oxygens (including phenoxy) is 1. The molecule has 1 aliphatic heterocycles. The second-order valence-corrected chi connectivity index (χ2v) is 6.93. The number of benzene rings is 2. The van der Waals surface area contributed by atoms with E-state index < -0.39 is 6.36 Å². The normalized spacial score (nSPS) is 14.4. The third kappa shape index (κ3) is 5.05. The molecule has 0 atom stereocenters. The number of hydrogen-bond donors (Lipinski definition) is 0. The Kier molecular flexibility index (Phi) is 6.07. The summed E-state index contributed by atoms with van der Waals surface area (Å²) in [5.74, 6) is 0.343. The maximum atomic E-state index is 12.9. The van der Waals surface area contributed by atoms with E-state index in [-0.39, 0.29) is 18.2 Å². The number of amides is 1. The summed E-state index contributed by atoms with van der Waals surface area (Å²) < 4.78 is 40.8. The fraction of sp³-hybridized carbons (Fsp3) is 0.150. The number of hydrogen-bond acceptors (Lipinski definition) is 4. The molecule has 29 heavy (non-hydrogen) atoms. The Morgan fingerprint density at radius 2 is 1.90 bits per heavy atom. The van der Waals surface area contributed by atoms with Gasteiger partial charge in [-0.25, -0.2) is 9.98 Å². The first-order valence-corrected chi connectivity index (χ1v) is 9.36. The number of nitrogens with zero attached hydrogens (tertiary/aromatic N) is 3. The Morgan fingerprint density at radius 3 is 2.52 bits per heavy atom. The summed E-state index contributed by atoms with van der Waals surface area (Å²) in [6.45, 7) is 7.16. The average Bonchev–Trinajstić information content (AvgIpc) is 2.69. The first-order chi connectivity index (χ1) is 13.8. The van der Waals surface area contributed by atoms with Gasteiger partial charge in [0.1, 0.15) is 11.6 Å². The Labute approximate surface area is 169 Å². The molecule has 0 saturated heterocycles. The highest BCUT2D eigenvalue weighted by atomic mass is 32.2. The molecule has 0 saturated carbocycles. The van der Waals surface area contributed by atoms with Gasteiger partial charge in [0.15, 0.2) is 0 Å². The molecule has 0 unspecified atom stereocenters. The van der Waals surface area contributed by atoms with E-state index >= 15 is 0 Å². The van der Waals surface area contributed by atoms with Gasteiger partial charge in [-0.15, -0.1) is 24.9 Å². The summed E-state index contributed by atoms with van der Waals surface area (Å²) in [5.41, 5.74) is 1.88. The van der Waals surface area contributed by atoms with Crippen LogP contribution in [0.3, 0.4) is 0 Å². The maximum Gasteiger partial charge on any atom is 0.573 e. The second-order valence-electron chi connectivity index (χ2n) is 5.95. The lowest BCUT2D eigenvalue weighted by Gasteiger charge is -2.28. The Morgan fingerprint density at radius 1 is 1.21 bits per heavy atom. The van der Waals surface area contributed by atoms with Gasteiger partial charge >= 0.3 is 6.36 Å². The summed E-state index contributed by atoms with van der Waals surface area (Å²) in [5, 5.41) is 0. The molecule has 0 radical (unpaired) electrons. The van der Waals surface area contributed by atoms with Crippen LogP contribution in [0.15, 0.2) is 70.1 Å². The SMILES string of the molecule is C=CN=C(CN1CSc2ccc(-c3ccc(OC(F)(F)F)cc3)cc2C1=O)N=C. The molecule has 0 N–H and O–H groups in total. The van der Waals surface area contributed by atoms with Gasteiger partial charge < -0.3 is 9.64 Å². The monoisotopic (exact) mass is 419 g/mol. The molecule has 2 aromatic rings. The topological polar surface area (TPSA) is 54.3 Å². The minimum atomic E-state index is -4.74. The van der Waals surface area contributed by atoms with Crippen LogP contribution in [0.2, 0.25) is 0 Å². The number of halogens is 3. The lowest BCUT2D eigenvalue weighted by atomic mass is 10.0. The van der Waals surface area contributed by atoms with Crippen molar-refractivity contribution in [2.45, 2.75) is 11.3 Å². The number of carbonyl (C=O) groups is 1. The van der Waals surface area contributed by atoms with Crippen molar-refractivity contribution in [3.63, 3.8) is 0 Å². The summed E-state index contributed by atoms with van der Waals surface area (Å²) in [6, 6.07) is 10.9. The highest BCUT2D eigenvalue weighted by Gasteiger charge is 2.31. The summed E-state index contributed by atoms with van der Waals surface area (Å²) in [4.78, 5) is 23.1. The molecule has 1 aliphatic rings. The predicted octanol–water partition coefficient (Wildman–Crippen LogP) is 5.00. The number of amidine groups is 1. The Balaban J connectivity index is 1.84. The highest BCUT2D eigenvalue weighted by Crippen LogP contribution is 2.34. The van der Waals surface area contributed by atoms with Crippen molar-refractivity contribution in [2.75, 3.05) is 12.4 Å². The molecule has 0 bridgehead atoms. The fourth-order valence-electron chi connectivity index (χ4n) is 2.75. The number of fused-ring (bicyclic) bond motifs is 1. The zero-order valence-corrected chi connectivity index (χ0v) is 16.0. The van der Waals surface area contributed by atoms with Crippen molar-refractivity contribution in [3.8, 4) is 16.9 Å². The number of thioether (sulfide) groups is 1. The van der Waals surface area contributed by atoms with Crippen molar-refractivity contribution >= 4 is 30.2 Å². The van der Waals surface area contributed by atoms with Crippen LogP contribution < -0.4 is 4.74 Å². The van der Waals surface area contributed by atoms with Gasteiger partial charge in [-0.1, -0.05) is 24.8 Å². The molecule has 1 amide bonds. The minimum Gasteiger partial charge on any atom is -0.406 e. The van der Waals surface area contributed by atoms with Crippen LogP contribution >= 0.6 is 11.8 Å². The van der Waals surface area contributed by atoms with Crippen molar-refractivity contribution in [2.24, 2.45) is 9.98 Å². The highest BCUT2D eigenvalue weighted by molar-refractivity contribution is 7.99. The Hall–Kier alpha value is -3.07. The average molecular weight is 419 g/mol. The molecule has 150 valence electrons. The minimum absolute atomic E-state index is 0.182. The summed E-state index contributed by atoms with van der Waals surface area (Å²) in [7, 11) is 0. The number of carbonyl (C=O) groups excluding carboxylic acids is 1. The quantitative estimate of drug-likeness (QED) is 0.506. The molecule has 3 rings (SSSR count). The van der Waals surface area contributed by atoms with E-state index in [2.05, 4.69) is 28.0 Å². The Bertz CT molecular complexity index is 972. The van der Waals surface area contributed by atoms with Gasteiger partial charge in [-0.05, 0) is 42.1 Å². The van der Waals surface area contributed by atoms with Gasteiger partial charge in [0, 0.05) is 11.1 Å². The van der Waals surface area contributed by atoms with Crippen LogP contribution in [0.4, 0.5) is 13.2 Å². The third-order valence-corrected chi connectivity index (χ3v) is 5.16. The molecular weight excluding hydrogens is 403 g/mol. The van der Waals surface area contributed by atoms with E-state index in [1.165, 1.54) is 42.2 Å². The van der Waals surface area contributed by atoms with Crippen LogP contribution in [-0.4, -0.2) is 42.1 Å². The number of aliphatic imine (C=N–C) groups is 2. The van der Waals surface area contributed by atoms with Crippen molar-refractivity contribution < 1.29 is 22.7 Å².